The number of hydrogen-bond acceptors (Lipinski definition) is 3. The molecule has 0 radical (unpaired) electrons. The molecule has 23 heavy (non-hydrogen) atoms. The molecule has 0 atom stereocenters. The van der Waals surface area contributed by atoms with Crippen LogP contribution in [0.3, 0.4) is 0 Å². The number of anilines is 1. The van der Waals surface area contributed by atoms with Crippen molar-refractivity contribution in [3.8, 4) is 5.75 Å². The Bertz CT molecular complexity index is 709. The topological polar surface area (TPSA) is 38.3 Å². The van der Waals surface area contributed by atoms with Crippen LogP contribution in [0, 0.1) is 12.7 Å². The molecular formula is C17H17BrFNO2S. The fourth-order valence-corrected chi connectivity index (χ4v) is 3.33. The highest BCUT2D eigenvalue weighted by Gasteiger charge is 2.08. The molecule has 0 fully saturated rings. The fraction of sp³-hybridized carbons (Fsp3) is 0.235. The van der Waals surface area contributed by atoms with Crippen molar-refractivity contribution in [3.63, 3.8) is 0 Å². The van der Waals surface area contributed by atoms with Crippen LogP contribution in [0.5, 0.6) is 5.75 Å². The van der Waals surface area contributed by atoms with Crippen molar-refractivity contribution in [2.45, 2.75) is 12.7 Å². The maximum atomic E-state index is 13.7. The largest absolute Gasteiger partial charge is 0.496 e. The van der Waals surface area contributed by atoms with Gasteiger partial charge in [0, 0.05) is 5.75 Å². The smallest absolute Gasteiger partial charge is 0.234 e. The monoisotopic (exact) mass is 397 g/mol. The van der Waals surface area contributed by atoms with Crippen LogP contribution in [0.4, 0.5) is 10.1 Å². The van der Waals surface area contributed by atoms with Crippen molar-refractivity contribution < 1.29 is 13.9 Å². The van der Waals surface area contributed by atoms with E-state index in [1.165, 1.54) is 17.8 Å². The van der Waals surface area contributed by atoms with Gasteiger partial charge >= 0.3 is 0 Å². The average molecular weight is 398 g/mol. The minimum Gasteiger partial charge on any atom is -0.496 e. The zero-order valence-corrected chi connectivity index (χ0v) is 15.3. The molecule has 0 aliphatic carbocycles. The van der Waals surface area contributed by atoms with Crippen LogP contribution >= 0.6 is 27.7 Å². The molecule has 2 rings (SSSR count). The second-order valence-electron chi connectivity index (χ2n) is 4.99. The Hall–Kier alpha value is -1.53. The van der Waals surface area contributed by atoms with Gasteiger partial charge < -0.3 is 10.1 Å². The van der Waals surface area contributed by atoms with E-state index in [1.807, 2.05) is 18.2 Å². The Morgan fingerprint density at radius 1 is 1.30 bits per heavy atom. The number of amides is 1. The normalized spacial score (nSPS) is 10.4. The number of carbonyl (C=O) groups excluding carboxylic acids is 1. The van der Waals surface area contributed by atoms with Gasteiger partial charge in [-0.1, -0.05) is 12.1 Å². The highest BCUT2D eigenvalue weighted by molar-refractivity contribution is 9.10. The third-order valence-corrected chi connectivity index (χ3v) is 4.74. The summed E-state index contributed by atoms with van der Waals surface area (Å²) in [5.74, 6) is 1.09. The summed E-state index contributed by atoms with van der Waals surface area (Å²) in [5, 5.41) is 2.59. The highest BCUT2D eigenvalue weighted by Crippen LogP contribution is 2.27. The van der Waals surface area contributed by atoms with Gasteiger partial charge in [-0.3, -0.25) is 4.79 Å². The Kier molecular flexibility index (Phi) is 6.47. The molecule has 2 aromatic rings. The fourth-order valence-electron chi connectivity index (χ4n) is 1.97. The number of benzene rings is 2. The van der Waals surface area contributed by atoms with Crippen molar-refractivity contribution in [2.24, 2.45) is 0 Å². The molecule has 3 nitrogen and oxygen atoms in total. The van der Waals surface area contributed by atoms with E-state index in [-0.39, 0.29) is 17.3 Å². The summed E-state index contributed by atoms with van der Waals surface area (Å²) in [6, 6.07) is 10.5. The molecule has 0 unspecified atom stereocenters. The van der Waals surface area contributed by atoms with Crippen LogP contribution in [0.15, 0.2) is 40.9 Å². The molecule has 0 saturated carbocycles. The van der Waals surface area contributed by atoms with Crippen molar-refractivity contribution >= 4 is 39.3 Å². The van der Waals surface area contributed by atoms with Crippen LogP contribution in [-0.4, -0.2) is 18.8 Å². The minimum absolute atomic E-state index is 0.216. The van der Waals surface area contributed by atoms with E-state index in [1.54, 1.807) is 26.2 Å². The number of rotatable bonds is 6. The van der Waals surface area contributed by atoms with Gasteiger partial charge in [0.05, 0.1) is 23.0 Å². The first-order valence-electron chi connectivity index (χ1n) is 6.95. The molecule has 122 valence electrons. The van der Waals surface area contributed by atoms with Gasteiger partial charge in [0.1, 0.15) is 11.6 Å². The van der Waals surface area contributed by atoms with Crippen LogP contribution in [0.1, 0.15) is 11.1 Å². The number of halogens is 2. The zero-order valence-electron chi connectivity index (χ0n) is 12.9. The summed E-state index contributed by atoms with van der Waals surface area (Å²) < 4.78 is 19.7. The van der Waals surface area contributed by atoms with Crippen LogP contribution in [0.2, 0.25) is 0 Å². The van der Waals surface area contributed by atoms with Crippen molar-refractivity contribution in [3.05, 3.63) is 57.8 Å². The molecule has 0 aliphatic heterocycles. The standard InChI is InChI=1S/C17H17BrFNO2S/c1-11-3-5-15(14(19)7-11)20-17(21)10-23-9-12-4-6-16(22-2)13(18)8-12/h3-8H,9-10H2,1-2H3,(H,20,21). The van der Waals surface area contributed by atoms with Crippen LogP contribution in [-0.2, 0) is 10.5 Å². The van der Waals surface area contributed by atoms with Gasteiger partial charge in [0.25, 0.3) is 0 Å². The van der Waals surface area contributed by atoms with E-state index in [0.717, 1.165) is 21.3 Å². The molecule has 6 heteroatoms. The number of thioether (sulfide) groups is 1. The summed E-state index contributed by atoms with van der Waals surface area (Å²) >= 11 is 4.90. The Morgan fingerprint density at radius 2 is 2.09 bits per heavy atom. The first-order chi connectivity index (χ1) is 11.0. The lowest BCUT2D eigenvalue weighted by molar-refractivity contribution is -0.113. The molecule has 0 aliphatic rings. The van der Waals surface area contributed by atoms with Crippen molar-refractivity contribution in [1.82, 2.24) is 0 Å². The number of aryl methyl sites for hydroxylation is 1. The van der Waals surface area contributed by atoms with E-state index in [0.29, 0.717) is 5.75 Å². The summed E-state index contributed by atoms with van der Waals surface area (Å²) in [7, 11) is 1.61. The van der Waals surface area contributed by atoms with Gasteiger partial charge in [-0.25, -0.2) is 4.39 Å². The van der Waals surface area contributed by atoms with Gasteiger partial charge in [-0.15, -0.1) is 11.8 Å². The predicted molar refractivity (Wildman–Crippen MR) is 96.6 cm³/mol. The number of carbonyl (C=O) groups is 1. The second-order valence-corrected chi connectivity index (χ2v) is 6.83. The van der Waals surface area contributed by atoms with E-state index < -0.39 is 5.82 Å². The summed E-state index contributed by atoms with van der Waals surface area (Å²) in [5.41, 5.74) is 2.12. The van der Waals surface area contributed by atoms with E-state index in [4.69, 9.17) is 4.74 Å². The molecule has 0 saturated heterocycles. The highest BCUT2D eigenvalue weighted by atomic mass is 79.9. The lowest BCUT2D eigenvalue weighted by Gasteiger charge is -2.08. The molecule has 2 aromatic carbocycles. The molecule has 1 N–H and O–H groups in total. The predicted octanol–water partition coefficient (Wildman–Crippen LogP) is 4.78. The van der Waals surface area contributed by atoms with E-state index in [9.17, 15) is 9.18 Å². The Morgan fingerprint density at radius 3 is 2.74 bits per heavy atom. The number of ether oxygens (including phenoxy) is 1. The summed E-state index contributed by atoms with van der Waals surface area (Å²) in [6.07, 6.45) is 0. The third kappa shape index (κ3) is 5.25. The summed E-state index contributed by atoms with van der Waals surface area (Å²) in [4.78, 5) is 11.9. The number of methoxy groups -OCH3 is 1. The Balaban J connectivity index is 1.84. The van der Waals surface area contributed by atoms with Crippen molar-refractivity contribution in [2.75, 3.05) is 18.2 Å². The first kappa shape index (κ1) is 17.8. The van der Waals surface area contributed by atoms with Gasteiger partial charge in [0.15, 0.2) is 0 Å². The first-order valence-corrected chi connectivity index (χ1v) is 8.90. The quantitative estimate of drug-likeness (QED) is 0.762. The number of nitrogens with one attached hydrogen (secondary N) is 1. The summed E-state index contributed by atoms with van der Waals surface area (Å²) in [6.45, 7) is 1.80. The van der Waals surface area contributed by atoms with Gasteiger partial charge in [-0.05, 0) is 58.2 Å². The molecule has 0 heterocycles. The van der Waals surface area contributed by atoms with Gasteiger partial charge in [-0.2, -0.15) is 0 Å². The Labute approximate surface area is 147 Å². The lowest BCUT2D eigenvalue weighted by atomic mass is 10.2. The SMILES string of the molecule is COc1ccc(CSCC(=O)Nc2ccc(C)cc2F)cc1Br. The van der Waals surface area contributed by atoms with Gasteiger partial charge in [0.2, 0.25) is 5.91 Å². The third-order valence-electron chi connectivity index (χ3n) is 3.12. The van der Waals surface area contributed by atoms with Crippen LogP contribution < -0.4 is 10.1 Å². The lowest BCUT2D eigenvalue weighted by Crippen LogP contribution is -2.15. The molecule has 1 amide bonds. The molecular weight excluding hydrogens is 381 g/mol. The van der Waals surface area contributed by atoms with Crippen LogP contribution in [0.25, 0.3) is 0 Å². The minimum atomic E-state index is -0.414. The number of hydrogen-bond donors (Lipinski definition) is 1. The second kappa shape index (κ2) is 8.36. The molecule has 0 bridgehead atoms. The molecule has 0 spiro atoms. The maximum Gasteiger partial charge on any atom is 0.234 e. The van der Waals surface area contributed by atoms with E-state index >= 15 is 0 Å². The van der Waals surface area contributed by atoms with Crippen molar-refractivity contribution in [1.29, 1.82) is 0 Å². The zero-order chi connectivity index (χ0) is 16.8. The average Bonchev–Trinajstić information content (AvgIpc) is 2.50. The maximum absolute atomic E-state index is 13.7. The molecule has 0 aromatic heterocycles. The van der Waals surface area contributed by atoms with E-state index in [2.05, 4.69) is 21.2 Å².